The Kier molecular flexibility index (Phi) is 7.85. The van der Waals surface area contributed by atoms with Crippen molar-refractivity contribution in [3.05, 3.63) is 107 Å². The molecule has 0 spiro atoms. The third-order valence-corrected chi connectivity index (χ3v) is 6.03. The molecule has 0 aliphatic heterocycles. The summed E-state index contributed by atoms with van der Waals surface area (Å²) in [5.41, 5.74) is 1.19. The average Bonchev–Trinajstić information content (AvgIpc) is 2.88. The van der Waals surface area contributed by atoms with Crippen molar-refractivity contribution in [3.63, 3.8) is 0 Å². The largest absolute Gasteiger partial charge is 0.493 e. The van der Waals surface area contributed by atoms with Gasteiger partial charge in [-0.3, -0.25) is 9.78 Å². The van der Waals surface area contributed by atoms with Gasteiger partial charge >= 0.3 is 6.18 Å². The van der Waals surface area contributed by atoms with Crippen LogP contribution >= 0.6 is 0 Å². The normalized spacial score (nSPS) is 15.6. The van der Waals surface area contributed by atoms with Crippen LogP contribution in [0.15, 0.2) is 85.2 Å². The van der Waals surface area contributed by atoms with Crippen molar-refractivity contribution < 1.29 is 22.7 Å². The number of hydrogen-bond acceptors (Lipinski definition) is 3. The fourth-order valence-electron chi connectivity index (χ4n) is 4.03. The van der Waals surface area contributed by atoms with E-state index in [1.165, 1.54) is 12.1 Å². The van der Waals surface area contributed by atoms with E-state index in [-0.39, 0.29) is 11.5 Å². The number of amides is 1. The highest BCUT2D eigenvalue weighted by atomic mass is 19.4. The molecule has 0 saturated carbocycles. The van der Waals surface area contributed by atoms with Crippen LogP contribution in [-0.4, -0.2) is 22.4 Å². The summed E-state index contributed by atoms with van der Waals surface area (Å²) in [6.07, 6.45) is 6.50. The lowest BCUT2D eigenvalue weighted by molar-refractivity contribution is -0.137. The Bertz CT molecular complexity index is 1130. The fraction of sp³-hybridized carbons (Fsp3) is 0.286. The zero-order valence-electron chi connectivity index (χ0n) is 19.2. The van der Waals surface area contributed by atoms with Gasteiger partial charge in [-0.25, -0.2) is 0 Å². The third kappa shape index (κ3) is 6.94. The topological polar surface area (TPSA) is 42.4 Å². The molecule has 1 heterocycles. The molecular formula is C28H27F3N2O2. The highest BCUT2D eigenvalue weighted by molar-refractivity contribution is 5.94. The van der Waals surface area contributed by atoms with E-state index >= 15 is 0 Å². The van der Waals surface area contributed by atoms with Gasteiger partial charge in [-0.15, -0.1) is 0 Å². The monoisotopic (exact) mass is 480 g/mol. The smallest absolute Gasteiger partial charge is 0.416 e. The zero-order valence-corrected chi connectivity index (χ0v) is 19.2. The molecule has 1 aliphatic rings. The molecule has 1 aliphatic carbocycles. The number of rotatable bonds is 8. The van der Waals surface area contributed by atoms with Gasteiger partial charge < -0.3 is 9.64 Å². The second kappa shape index (κ2) is 11.2. The summed E-state index contributed by atoms with van der Waals surface area (Å²) in [7, 11) is 0. The molecule has 7 heteroatoms. The van der Waals surface area contributed by atoms with Crippen molar-refractivity contribution in [1.82, 2.24) is 9.88 Å². The minimum atomic E-state index is -4.45. The molecule has 0 saturated heterocycles. The summed E-state index contributed by atoms with van der Waals surface area (Å²) in [6.45, 7) is 1.27. The van der Waals surface area contributed by atoms with Gasteiger partial charge in [-0.05, 0) is 84.8 Å². The Morgan fingerprint density at radius 3 is 2.17 bits per heavy atom. The van der Waals surface area contributed by atoms with Crippen molar-refractivity contribution in [1.29, 1.82) is 0 Å². The van der Waals surface area contributed by atoms with E-state index in [4.69, 9.17) is 4.74 Å². The first-order valence-electron chi connectivity index (χ1n) is 11.6. The first kappa shape index (κ1) is 24.5. The quantitative estimate of drug-likeness (QED) is 0.338. The molecule has 0 radical (unpaired) electrons. The van der Waals surface area contributed by atoms with Gasteiger partial charge in [-0.1, -0.05) is 24.3 Å². The summed E-state index contributed by atoms with van der Waals surface area (Å²) >= 11 is 0. The molecule has 4 nitrogen and oxygen atoms in total. The number of ether oxygens (including phenoxy) is 1. The van der Waals surface area contributed by atoms with Crippen LogP contribution in [0.2, 0.25) is 0 Å². The van der Waals surface area contributed by atoms with E-state index in [1.807, 2.05) is 36.4 Å². The van der Waals surface area contributed by atoms with Crippen molar-refractivity contribution in [2.24, 2.45) is 5.92 Å². The summed E-state index contributed by atoms with van der Waals surface area (Å²) in [5.74, 6) is 0.955. The second-order valence-electron chi connectivity index (χ2n) is 8.70. The summed E-state index contributed by atoms with van der Waals surface area (Å²) < 4.78 is 44.7. The van der Waals surface area contributed by atoms with Crippen LogP contribution in [0, 0.1) is 5.92 Å². The highest BCUT2D eigenvalue weighted by Gasteiger charge is 2.30. The molecule has 0 N–H and O–H groups in total. The number of aromatic nitrogens is 1. The number of carbonyl (C=O) groups is 1. The minimum Gasteiger partial charge on any atom is -0.493 e. The Morgan fingerprint density at radius 2 is 1.57 bits per heavy atom. The van der Waals surface area contributed by atoms with E-state index in [0.717, 1.165) is 48.3 Å². The lowest BCUT2D eigenvalue weighted by Crippen LogP contribution is -2.30. The van der Waals surface area contributed by atoms with E-state index < -0.39 is 11.7 Å². The first-order chi connectivity index (χ1) is 16.9. The van der Waals surface area contributed by atoms with Crippen LogP contribution in [-0.2, 0) is 19.3 Å². The van der Waals surface area contributed by atoms with Crippen molar-refractivity contribution >= 4 is 5.91 Å². The number of halogens is 3. The molecule has 1 aromatic heterocycles. The summed E-state index contributed by atoms with van der Waals surface area (Å²) in [6, 6.07) is 15.5. The van der Waals surface area contributed by atoms with Gasteiger partial charge in [0.2, 0.25) is 0 Å². The van der Waals surface area contributed by atoms with E-state index in [9.17, 15) is 18.0 Å². The number of allylic oxidation sites excluding steroid dienone is 2. The Balaban J connectivity index is 1.46. The molecular weight excluding hydrogens is 453 g/mol. The maximum Gasteiger partial charge on any atom is 0.416 e. The molecule has 182 valence electrons. The van der Waals surface area contributed by atoms with Crippen LogP contribution in [0.1, 0.15) is 46.3 Å². The Labute approximate surface area is 203 Å². The predicted octanol–water partition coefficient (Wildman–Crippen LogP) is 6.68. The Morgan fingerprint density at radius 1 is 0.914 bits per heavy atom. The van der Waals surface area contributed by atoms with Crippen LogP contribution < -0.4 is 4.74 Å². The van der Waals surface area contributed by atoms with Gasteiger partial charge in [0.25, 0.3) is 5.91 Å². The number of benzene rings is 2. The van der Waals surface area contributed by atoms with Gasteiger partial charge in [-0.2, -0.15) is 13.2 Å². The number of hydrogen-bond donors (Lipinski definition) is 0. The maximum absolute atomic E-state index is 13.3. The zero-order chi connectivity index (χ0) is 24.7. The highest BCUT2D eigenvalue weighted by Crippen LogP contribution is 2.29. The van der Waals surface area contributed by atoms with Crippen LogP contribution in [0.4, 0.5) is 13.2 Å². The van der Waals surface area contributed by atoms with Gasteiger partial charge in [0, 0.05) is 31.0 Å². The van der Waals surface area contributed by atoms with Gasteiger partial charge in [0.1, 0.15) is 5.75 Å². The van der Waals surface area contributed by atoms with Crippen LogP contribution in [0.5, 0.6) is 5.75 Å². The maximum atomic E-state index is 13.3. The molecule has 1 atom stereocenters. The molecule has 0 bridgehead atoms. The van der Waals surface area contributed by atoms with E-state index in [0.29, 0.717) is 25.6 Å². The molecule has 2 aromatic carbocycles. The number of nitrogens with zero attached hydrogens (tertiary/aromatic N) is 2. The van der Waals surface area contributed by atoms with Gasteiger partial charge in [0.15, 0.2) is 0 Å². The molecule has 3 aromatic rings. The fourth-order valence-corrected chi connectivity index (χ4v) is 4.03. The SMILES string of the molecule is O=C(c1ccc(C(F)(F)F)cc1)N(Cc1ccncc1)Cc1ccc(OCC2CC=CCC2)cc1. The predicted molar refractivity (Wildman–Crippen MR) is 128 cm³/mol. The molecule has 35 heavy (non-hydrogen) atoms. The van der Waals surface area contributed by atoms with Crippen molar-refractivity contribution in [3.8, 4) is 5.75 Å². The third-order valence-electron chi connectivity index (χ3n) is 6.03. The lowest BCUT2D eigenvalue weighted by Gasteiger charge is -2.24. The number of pyridine rings is 1. The summed E-state index contributed by atoms with van der Waals surface area (Å²) in [5, 5.41) is 0. The standard InChI is InChI=1S/C28H27F3N2O2/c29-28(30,31)25-10-8-24(9-11-25)27(34)33(19-22-14-16-32-17-15-22)18-21-6-12-26(13-7-21)35-20-23-4-2-1-3-5-23/h1-2,6-17,23H,3-5,18-20H2. The summed E-state index contributed by atoms with van der Waals surface area (Å²) in [4.78, 5) is 18.9. The lowest BCUT2D eigenvalue weighted by atomic mass is 9.95. The molecule has 4 rings (SSSR count). The minimum absolute atomic E-state index is 0.202. The van der Waals surface area contributed by atoms with E-state index in [1.54, 1.807) is 17.3 Å². The van der Waals surface area contributed by atoms with Crippen molar-refractivity contribution in [2.45, 2.75) is 38.5 Å². The van der Waals surface area contributed by atoms with Crippen molar-refractivity contribution in [2.75, 3.05) is 6.61 Å². The average molecular weight is 481 g/mol. The van der Waals surface area contributed by atoms with Crippen LogP contribution in [0.3, 0.4) is 0 Å². The second-order valence-corrected chi connectivity index (χ2v) is 8.70. The number of alkyl halides is 3. The number of carbonyl (C=O) groups excluding carboxylic acids is 1. The molecule has 0 fully saturated rings. The molecule has 1 unspecified atom stereocenters. The Hall–Kier alpha value is -3.61. The van der Waals surface area contributed by atoms with E-state index in [2.05, 4.69) is 17.1 Å². The first-order valence-corrected chi connectivity index (χ1v) is 11.6. The molecule has 1 amide bonds. The van der Waals surface area contributed by atoms with Gasteiger partial charge in [0.05, 0.1) is 12.2 Å². The van der Waals surface area contributed by atoms with Crippen LogP contribution in [0.25, 0.3) is 0 Å².